The van der Waals surface area contributed by atoms with Gasteiger partial charge in [-0.3, -0.25) is 0 Å². The average Bonchev–Trinajstić information content (AvgIpc) is 2.51. The van der Waals surface area contributed by atoms with Crippen molar-refractivity contribution >= 4 is 39.0 Å². The highest BCUT2D eigenvalue weighted by Crippen LogP contribution is 2.33. The van der Waals surface area contributed by atoms with Gasteiger partial charge in [-0.1, -0.05) is 6.08 Å². The van der Waals surface area contributed by atoms with Crippen LogP contribution in [0.3, 0.4) is 0 Å². The SMILES string of the molecule is C=CCNc1nc(Cl)nc2sc(C)c(C)c12. The maximum atomic E-state index is 5.88. The van der Waals surface area contributed by atoms with Gasteiger partial charge in [0.25, 0.3) is 0 Å². The molecule has 0 amide bonds. The van der Waals surface area contributed by atoms with Crippen molar-refractivity contribution in [2.75, 3.05) is 11.9 Å². The summed E-state index contributed by atoms with van der Waals surface area (Å²) in [5.41, 5.74) is 1.21. The van der Waals surface area contributed by atoms with E-state index in [1.807, 2.05) is 0 Å². The number of hydrogen-bond acceptors (Lipinski definition) is 4. The molecule has 0 unspecified atom stereocenters. The molecule has 2 heterocycles. The molecule has 0 fully saturated rings. The molecule has 0 aliphatic rings. The van der Waals surface area contributed by atoms with Gasteiger partial charge in [-0.25, -0.2) is 9.97 Å². The van der Waals surface area contributed by atoms with E-state index in [2.05, 4.69) is 35.7 Å². The normalized spacial score (nSPS) is 10.7. The fourth-order valence-corrected chi connectivity index (χ4v) is 2.77. The fraction of sp³-hybridized carbons (Fsp3) is 0.273. The molecule has 0 radical (unpaired) electrons. The van der Waals surface area contributed by atoms with Crippen LogP contribution in [0.2, 0.25) is 5.28 Å². The summed E-state index contributed by atoms with van der Waals surface area (Å²) >= 11 is 7.52. The van der Waals surface area contributed by atoms with Crippen LogP contribution >= 0.6 is 22.9 Å². The quantitative estimate of drug-likeness (QED) is 0.671. The minimum atomic E-state index is 0.278. The lowest BCUT2D eigenvalue weighted by Gasteiger charge is -2.05. The van der Waals surface area contributed by atoms with Crippen LogP contribution in [-0.4, -0.2) is 16.5 Å². The van der Waals surface area contributed by atoms with E-state index in [1.165, 1.54) is 10.4 Å². The number of halogens is 1. The van der Waals surface area contributed by atoms with Gasteiger partial charge in [-0.2, -0.15) is 0 Å². The topological polar surface area (TPSA) is 37.8 Å². The molecule has 0 aliphatic carbocycles. The van der Waals surface area contributed by atoms with E-state index < -0.39 is 0 Å². The molecule has 2 rings (SSSR count). The smallest absolute Gasteiger partial charge is 0.225 e. The number of hydrogen-bond donors (Lipinski definition) is 1. The second-order valence-electron chi connectivity index (χ2n) is 3.47. The van der Waals surface area contributed by atoms with Crippen LogP contribution < -0.4 is 5.32 Å². The van der Waals surface area contributed by atoms with Gasteiger partial charge in [0.2, 0.25) is 5.28 Å². The Morgan fingerprint density at radius 1 is 1.44 bits per heavy atom. The van der Waals surface area contributed by atoms with E-state index in [-0.39, 0.29) is 5.28 Å². The van der Waals surface area contributed by atoms with Crippen LogP contribution in [0.5, 0.6) is 0 Å². The minimum Gasteiger partial charge on any atom is -0.366 e. The van der Waals surface area contributed by atoms with Gasteiger partial charge in [0.1, 0.15) is 10.6 Å². The van der Waals surface area contributed by atoms with Crippen molar-refractivity contribution in [3.63, 3.8) is 0 Å². The molecule has 0 spiro atoms. The largest absolute Gasteiger partial charge is 0.366 e. The standard InChI is InChI=1S/C11H12ClN3S/c1-4-5-13-9-8-6(2)7(3)16-10(8)15-11(12)14-9/h4H,1,5H2,2-3H3,(H,13,14,15). The molecule has 0 aromatic carbocycles. The Hall–Kier alpha value is -1.13. The molecular formula is C11H12ClN3S. The van der Waals surface area contributed by atoms with Crippen molar-refractivity contribution in [3.05, 3.63) is 28.4 Å². The summed E-state index contributed by atoms with van der Waals surface area (Å²) in [5.74, 6) is 0.789. The molecule has 0 atom stereocenters. The molecular weight excluding hydrogens is 242 g/mol. The second-order valence-corrected chi connectivity index (χ2v) is 5.02. The van der Waals surface area contributed by atoms with E-state index in [0.717, 1.165) is 16.0 Å². The third-order valence-corrected chi connectivity index (χ3v) is 3.69. The molecule has 3 nitrogen and oxygen atoms in total. The number of anilines is 1. The highest BCUT2D eigenvalue weighted by molar-refractivity contribution is 7.18. The molecule has 1 N–H and O–H groups in total. The highest BCUT2D eigenvalue weighted by Gasteiger charge is 2.13. The first-order valence-corrected chi connectivity index (χ1v) is 6.11. The lowest BCUT2D eigenvalue weighted by atomic mass is 10.2. The molecule has 2 aromatic heterocycles. The van der Waals surface area contributed by atoms with Gasteiger partial charge in [-0.15, -0.1) is 17.9 Å². The predicted molar refractivity (Wildman–Crippen MR) is 70.6 cm³/mol. The van der Waals surface area contributed by atoms with E-state index in [1.54, 1.807) is 17.4 Å². The number of nitrogens with zero attached hydrogens (tertiary/aromatic N) is 2. The van der Waals surface area contributed by atoms with Crippen molar-refractivity contribution in [2.24, 2.45) is 0 Å². The molecule has 5 heteroatoms. The first-order chi connectivity index (χ1) is 7.63. The minimum absolute atomic E-state index is 0.278. The third kappa shape index (κ3) is 1.90. The average molecular weight is 254 g/mol. The number of nitrogens with one attached hydrogen (secondary N) is 1. The third-order valence-electron chi connectivity index (χ3n) is 2.42. The first-order valence-electron chi connectivity index (χ1n) is 4.91. The van der Waals surface area contributed by atoms with Crippen molar-refractivity contribution in [1.29, 1.82) is 0 Å². The zero-order valence-corrected chi connectivity index (χ0v) is 10.7. The summed E-state index contributed by atoms with van der Waals surface area (Å²) in [6.45, 7) is 8.48. The molecule has 2 aromatic rings. The summed E-state index contributed by atoms with van der Waals surface area (Å²) < 4.78 is 0. The van der Waals surface area contributed by atoms with Gasteiger partial charge in [0.05, 0.1) is 5.39 Å². The molecule has 0 saturated heterocycles. The van der Waals surface area contributed by atoms with Gasteiger partial charge >= 0.3 is 0 Å². The molecule has 0 saturated carbocycles. The number of aryl methyl sites for hydroxylation is 2. The Morgan fingerprint density at radius 3 is 2.88 bits per heavy atom. The zero-order valence-electron chi connectivity index (χ0n) is 9.17. The summed E-state index contributed by atoms with van der Waals surface area (Å²) in [7, 11) is 0. The van der Waals surface area contributed by atoms with Crippen LogP contribution in [0.25, 0.3) is 10.2 Å². The monoisotopic (exact) mass is 253 g/mol. The molecule has 84 valence electrons. The Labute approximate surface area is 103 Å². The zero-order chi connectivity index (χ0) is 11.7. The van der Waals surface area contributed by atoms with E-state index >= 15 is 0 Å². The number of rotatable bonds is 3. The number of aromatic nitrogens is 2. The molecule has 16 heavy (non-hydrogen) atoms. The summed E-state index contributed by atoms with van der Waals surface area (Å²) in [6, 6.07) is 0. The number of fused-ring (bicyclic) bond motifs is 1. The summed E-state index contributed by atoms with van der Waals surface area (Å²) in [4.78, 5) is 10.6. The van der Waals surface area contributed by atoms with Gasteiger partial charge in [-0.05, 0) is 31.0 Å². The van der Waals surface area contributed by atoms with Crippen molar-refractivity contribution in [2.45, 2.75) is 13.8 Å². The Kier molecular flexibility index (Phi) is 3.12. The predicted octanol–water partition coefficient (Wildman–Crippen LogP) is 3.56. The van der Waals surface area contributed by atoms with Gasteiger partial charge < -0.3 is 5.32 Å². The van der Waals surface area contributed by atoms with Crippen LogP contribution in [-0.2, 0) is 0 Å². The second kappa shape index (κ2) is 4.39. The maximum absolute atomic E-state index is 5.88. The van der Waals surface area contributed by atoms with Crippen LogP contribution in [0.4, 0.5) is 5.82 Å². The van der Waals surface area contributed by atoms with Crippen LogP contribution in [0.15, 0.2) is 12.7 Å². The summed E-state index contributed by atoms with van der Waals surface area (Å²) in [6.07, 6.45) is 1.79. The fourth-order valence-electron chi connectivity index (χ4n) is 1.52. The Morgan fingerprint density at radius 2 is 2.19 bits per heavy atom. The number of thiophene rings is 1. The first kappa shape index (κ1) is 11.4. The van der Waals surface area contributed by atoms with Crippen molar-refractivity contribution < 1.29 is 0 Å². The van der Waals surface area contributed by atoms with Crippen molar-refractivity contribution in [3.8, 4) is 0 Å². The van der Waals surface area contributed by atoms with E-state index in [4.69, 9.17) is 11.6 Å². The Bertz CT molecular complexity index is 548. The summed E-state index contributed by atoms with van der Waals surface area (Å²) in [5, 5.41) is 4.53. The van der Waals surface area contributed by atoms with Gasteiger partial charge in [0, 0.05) is 11.4 Å². The van der Waals surface area contributed by atoms with E-state index in [9.17, 15) is 0 Å². The lowest BCUT2D eigenvalue weighted by molar-refractivity contribution is 1.19. The highest BCUT2D eigenvalue weighted by atomic mass is 35.5. The van der Waals surface area contributed by atoms with Crippen LogP contribution in [0.1, 0.15) is 10.4 Å². The van der Waals surface area contributed by atoms with Crippen LogP contribution in [0, 0.1) is 13.8 Å². The van der Waals surface area contributed by atoms with Crippen molar-refractivity contribution in [1.82, 2.24) is 9.97 Å². The van der Waals surface area contributed by atoms with E-state index in [0.29, 0.717) is 6.54 Å². The van der Waals surface area contributed by atoms with Gasteiger partial charge in [0.15, 0.2) is 0 Å². The molecule has 0 aliphatic heterocycles. The molecule has 0 bridgehead atoms. The lowest BCUT2D eigenvalue weighted by Crippen LogP contribution is -2.02. The Balaban J connectivity index is 2.64. The maximum Gasteiger partial charge on any atom is 0.225 e.